The maximum absolute atomic E-state index is 12.2. The highest BCUT2D eigenvalue weighted by atomic mass is 16.6. The highest BCUT2D eigenvalue weighted by molar-refractivity contribution is 5.69. The van der Waals surface area contributed by atoms with E-state index in [0.29, 0.717) is 6.54 Å². The average molecular weight is 272 g/mol. The van der Waals surface area contributed by atoms with Crippen molar-refractivity contribution >= 4 is 6.09 Å². The lowest BCUT2D eigenvalue weighted by molar-refractivity contribution is 0.0224. The molecular weight excluding hydrogens is 252 g/mol. The van der Waals surface area contributed by atoms with Crippen LogP contribution in [0.25, 0.3) is 0 Å². The van der Waals surface area contributed by atoms with Gasteiger partial charge in [0.25, 0.3) is 0 Å². The molecule has 1 aromatic rings. The molecule has 4 heteroatoms. The van der Waals surface area contributed by atoms with Crippen LogP contribution in [0, 0.1) is 12.3 Å². The molecule has 2 heterocycles. The molecule has 1 atom stereocenters. The van der Waals surface area contributed by atoms with Crippen molar-refractivity contribution in [1.82, 2.24) is 9.88 Å². The molecule has 1 aliphatic heterocycles. The lowest BCUT2D eigenvalue weighted by Gasteiger charge is -2.28. The van der Waals surface area contributed by atoms with Crippen LogP contribution < -0.4 is 0 Å². The third-order valence-electron chi connectivity index (χ3n) is 3.19. The van der Waals surface area contributed by atoms with Gasteiger partial charge in [0.1, 0.15) is 5.60 Å². The first-order chi connectivity index (χ1) is 9.40. The summed E-state index contributed by atoms with van der Waals surface area (Å²) in [5.74, 6) is 2.58. The molecule has 20 heavy (non-hydrogen) atoms. The van der Waals surface area contributed by atoms with Crippen LogP contribution in [0.15, 0.2) is 18.5 Å². The third kappa shape index (κ3) is 3.30. The average Bonchev–Trinajstić information content (AvgIpc) is 2.86. The predicted molar refractivity (Wildman–Crippen MR) is 77.1 cm³/mol. The van der Waals surface area contributed by atoms with Gasteiger partial charge < -0.3 is 9.64 Å². The van der Waals surface area contributed by atoms with Gasteiger partial charge in [-0.2, -0.15) is 0 Å². The lowest BCUT2D eigenvalue weighted by Crippen LogP contribution is -2.36. The molecule has 0 unspecified atom stereocenters. The molecule has 1 saturated heterocycles. The normalized spacial score (nSPS) is 18.7. The van der Waals surface area contributed by atoms with Gasteiger partial charge in [-0.15, -0.1) is 6.42 Å². The van der Waals surface area contributed by atoms with Crippen molar-refractivity contribution in [3.05, 3.63) is 29.6 Å². The number of carbonyl (C=O) groups excluding carboxylic acids is 1. The summed E-state index contributed by atoms with van der Waals surface area (Å²) in [4.78, 5) is 18.2. The number of hydrogen-bond acceptors (Lipinski definition) is 3. The molecule has 0 bridgehead atoms. The fourth-order valence-electron chi connectivity index (χ4n) is 2.37. The van der Waals surface area contributed by atoms with Gasteiger partial charge in [-0.25, -0.2) is 4.79 Å². The van der Waals surface area contributed by atoms with Gasteiger partial charge in [-0.1, -0.05) is 5.92 Å². The molecular formula is C16H20N2O2. The van der Waals surface area contributed by atoms with E-state index in [4.69, 9.17) is 11.2 Å². The summed E-state index contributed by atoms with van der Waals surface area (Å²) in [5.41, 5.74) is 1.23. The van der Waals surface area contributed by atoms with Crippen molar-refractivity contribution in [2.75, 3.05) is 6.54 Å². The van der Waals surface area contributed by atoms with Gasteiger partial charge in [0.2, 0.25) is 0 Å². The third-order valence-corrected chi connectivity index (χ3v) is 3.19. The summed E-state index contributed by atoms with van der Waals surface area (Å²) in [6.45, 7) is 6.32. The summed E-state index contributed by atoms with van der Waals surface area (Å²) in [6, 6.07) is 1.92. The molecule has 4 nitrogen and oxygen atoms in total. The van der Waals surface area contributed by atoms with Crippen molar-refractivity contribution in [2.24, 2.45) is 0 Å². The first-order valence-electron chi connectivity index (χ1n) is 6.82. The molecule has 2 rings (SSSR count). The number of amides is 1. The Morgan fingerprint density at radius 2 is 2.25 bits per heavy atom. The van der Waals surface area contributed by atoms with Crippen LogP contribution in [0.1, 0.15) is 50.8 Å². The zero-order chi connectivity index (χ0) is 14.8. The SMILES string of the molecule is C#Cc1cncc([C@H]2CCCN2C(=O)OC(C)(C)C)c1. The van der Waals surface area contributed by atoms with E-state index >= 15 is 0 Å². The number of ether oxygens (including phenoxy) is 1. The van der Waals surface area contributed by atoms with E-state index in [1.807, 2.05) is 26.8 Å². The fraction of sp³-hybridized carbons (Fsp3) is 0.500. The number of aromatic nitrogens is 1. The molecule has 0 N–H and O–H groups in total. The second kappa shape index (κ2) is 5.54. The summed E-state index contributed by atoms with van der Waals surface area (Å²) in [7, 11) is 0. The van der Waals surface area contributed by atoms with E-state index in [2.05, 4.69) is 10.9 Å². The molecule has 106 valence electrons. The lowest BCUT2D eigenvalue weighted by atomic mass is 10.1. The number of pyridine rings is 1. The number of nitrogens with zero attached hydrogens (tertiary/aromatic N) is 2. The minimum atomic E-state index is -0.483. The molecule has 0 radical (unpaired) electrons. The van der Waals surface area contributed by atoms with E-state index < -0.39 is 5.60 Å². The minimum Gasteiger partial charge on any atom is -0.444 e. The predicted octanol–water partition coefficient (Wildman–Crippen LogP) is 3.13. The Kier molecular flexibility index (Phi) is 3.99. The largest absolute Gasteiger partial charge is 0.444 e. The first-order valence-corrected chi connectivity index (χ1v) is 6.82. The van der Waals surface area contributed by atoms with E-state index in [1.165, 1.54) is 0 Å². The van der Waals surface area contributed by atoms with Crippen molar-refractivity contribution in [1.29, 1.82) is 0 Å². The molecule has 1 aliphatic rings. The van der Waals surface area contributed by atoms with Gasteiger partial charge >= 0.3 is 6.09 Å². The maximum Gasteiger partial charge on any atom is 0.410 e. The number of hydrogen-bond donors (Lipinski definition) is 0. The number of carbonyl (C=O) groups is 1. The van der Waals surface area contributed by atoms with Crippen LogP contribution in [-0.2, 0) is 4.74 Å². The van der Waals surface area contributed by atoms with Crippen molar-refractivity contribution in [2.45, 2.75) is 45.3 Å². The Morgan fingerprint density at radius 1 is 1.50 bits per heavy atom. The van der Waals surface area contributed by atoms with Gasteiger partial charge in [0.15, 0.2) is 0 Å². The van der Waals surface area contributed by atoms with Crippen LogP contribution in [0.3, 0.4) is 0 Å². The van der Waals surface area contributed by atoms with Crippen molar-refractivity contribution < 1.29 is 9.53 Å². The molecule has 0 spiro atoms. The molecule has 0 aliphatic carbocycles. The number of terminal acetylenes is 1. The second-order valence-corrected chi connectivity index (χ2v) is 5.98. The topological polar surface area (TPSA) is 42.4 Å². The summed E-state index contributed by atoms with van der Waals surface area (Å²) in [5, 5.41) is 0. The van der Waals surface area contributed by atoms with Crippen LogP contribution in [0.5, 0.6) is 0 Å². The first kappa shape index (κ1) is 14.4. The summed E-state index contributed by atoms with van der Waals surface area (Å²) in [6.07, 6.45) is 10.4. The van der Waals surface area contributed by atoms with E-state index in [-0.39, 0.29) is 12.1 Å². The Balaban J connectivity index is 2.19. The monoisotopic (exact) mass is 272 g/mol. The highest BCUT2D eigenvalue weighted by Gasteiger charge is 2.33. The smallest absolute Gasteiger partial charge is 0.410 e. The summed E-state index contributed by atoms with van der Waals surface area (Å²) < 4.78 is 5.46. The van der Waals surface area contributed by atoms with E-state index in [1.54, 1.807) is 17.3 Å². The van der Waals surface area contributed by atoms with Crippen LogP contribution in [0.2, 0.25) is 0 Å². The van der Waals surface area contributed by atoms with Gasteiger partial charge in [0, 0.05) is 24.5 Å². The number of likely N-dealkylation sites (tertiary alicyclic amines) is 1. The van der Waals surface area contributed by atoms with E-state index in [0.717, 1.165) is 24.0 Å². The fourth-order valence-corrected chi connectivity index (χ4v) is 2.37. The Labute approximate surface area is 120 Å². The van der Waals surface area contributed by atoms with Gasteiger partial charge in [0.05, 0.1) is 6.04 Å². The zero-order valence-electron chi connectivity index (χ0n) is 12.2. The Morgan fingerprint density at radius 3 is 2.90 bits per heavy atom. The Hall–Kier alpha value is -2.02. The molecule has 0 saturated carbocycles. The highest BCUT2D eigenvalue weighted by Crippen LogP contribution is 2.33. The quantitative estimate of drug-likeness (QED) is 0.738. The zero-order valence-corrected chi connectivity index (χ0v) is 12.2. The molecule has 0 aromatic carbocycles. The van der Waals surface area contributed by atoms with Gasteiger partial charge in [-0.05, 0) is 45.2 Å². The van der Waals surface area contributed by atoms with Crippen LogP contribution in [0.4, 0.5) is 4.79 Å². The Bertz CT molecular complexity index is 540. The van der Waals surface area contributed by atoms with Crippen LogP contribution in [-0.4, -0.2) is 28.1 Å². The molecule has 1 amide bonds. The number of rotatable bonds is 1. The maximum atomic E-state index is 12.2. The standard InChI is InChI=1S/C16H20N2O2/c1-5-12-9-13(11-17-10-12)14-7-6-8-18(14)15(19)20-16(2,3)4/h1,9-11,14H,6-8H2,2-4H3/t14-/m1/s1. The van der Waals surface area contributed by atoms with Crippen LogP contribution >= 0.6 is 0 Å². The van der Waals surface area contributed by atoms with Crippen molar-refractivity contribution in [3.8, 4) is 12.3 Å². The van der Waals surface area contributed by atoms with Gasteiger partial charge in [-0.3, -0.25) is 4.98 Å². The molecule has 1 fully saturated rings. The van der Waals surface area contributed by atoms with Crippen molar-refractivity contribution in [3.63, 3.8) is 0 Å². The minimum absolute atomic E-state index is 0.00523. The summed E-state index contributed by atoms with van der Waals surface area (Å²) >= 11 is 0. The van der Waals surface area contributed by atoms with E-state index in [9.17, 15) is 4.79 Å². The second-order valence-electron chi connectivity index (χ2n) is 5.98. The molecule has 1 aromatic heterocycles.